The summed E-state index contributed by atoms with van der Waals surface area (Å²) in [6, 6.07) is 10.9. The van der Waals surface area contributed by atoms with Crippen LogP contribution in [0.1, 0.15) is 18.9 Å². The second-order valence-corrected chi connectivity index (χ2v) is 6.11. The third kappa shape index (κ3) is 2.11. The summed E-state index contributed by atoms with van der Waals surface area (Å²) in [6.45, 7) is 3.62. The maximum Gasteiger partial charge on any atom is 0.367 e. The first-order chi connectivity index (χ1) is 10.5. The molecule has 2 aromatic rings. The Morgan fingerprint density at radius 3 is 2.64 bits per heavy atom. The van der Waals surface area contributed by atoms with Crippen molar-refractivity contribution >= 4 is 40.1 Å². The number of amides is 1. The minimum absolute atomic E-state index is 0.287. The van der Waals surface area contributed by atoms with Gasteiger partial charge in [-0.3, -0.25) is 0 Å². The van der Waals surface area contributed by atoms with Crippen LogP contribution in [0.2, 0.25) is 0 Å². The van der Waals surface area contributed by atoms with E-state index in [1.165, 1.54) is 6.92 Å². The summed E-state index contributed by atoms with van der Waals surface area (Å²) in [4.78, 5) is 24.5. The van der Waals surface area contributed by atoms with E-state index in [2.05, 4.69) is 0 Å². The molecule has 0 aromatic heterocycles. The van der Waals surface area contributed by atoms with Gasteiger partial charge in [0.05, 0.1) is 13.5 Å². The highest BCUT2D eigenvalue weighted by Crippen LogP contribution is 2.41. The van der Waals surface area contributed by atoms with Gasteiger partial charge >= 0.3 is 11.9 Å². The van der Waals surface area contributed by atoms with Gasteiger partial charge in [-0.2, -0.15) is 0 Å². The maximum atomic E-state index is 12.4. The topological polar surface area (TPSA) is 43.4 Å². The smallest absolute Gasteiger partial charge is 0.367 e. The molecule has 114 valence electrons. The Hall–Kier alpha value is -1.91. The average molecular weight is 319 g/mol. The lowest BCUT2D eigenvalue weighted by Crippen LogP contribution is -2.54. The van der Waals surface area contributed by atoms with Gasteiger partial charge in [0, 0.05) is 17.4 Å². The fourth-order valence-corrected chi connectivity index (χ4v) is 3.54. The molecule has 0 spiro atoms. The van der Waals surface area contributed by atoms with Gasteiger partial charge in [0.2, 0.25) is 6.04 Å². The van der Waals surface area contributed by atoms with Crippen molar-refractivity contribution in [3.05, 3.63) is 42.0 Å². The van der Waals surface area contributed by atoms with Crippen LogP contribution in [0.15, 0.2) is 36.4 Å². The van der Waals surface area contributed by atoms with E-state index in [0.29, 0.717) is 18.7 Å². The van der Waals surface area contributed by atoms with Gasteiger partial charge in [-0.15, -0.1) is 4.00 Å². The predicted molar refractivity (Wildman–Crippen MR) is 86.4 cm³/mol. The quantitative estimate of drug-likeness (QED) is 0.629. The first kappa shape index (κ1) is 15.0. The van der Waals surface area contributed by atoms with Gasteiger partial charge in [-0.25, -0.2) is 9.59 Å². The molecule has 22 heavy (non-hydrogen) atoms. The van der Waals surface area contributed by atoms with Crippen molar-refractivity contribution in [3.63, 3.8) is 0 Å². The van der Waals surface area contributed by atoms with Crippen molar-refractivity contribution < 1.29 is 14.3 Å². The Balaban J connectivity index is 2.32. The maximum absolute atomic E-state index is 12.4. The fraction of sp³-hybridized carbons (Fsp3) is 0.294. The van der Waals surface area contributed by atoms with E-state index >= 15 is 0 Å². The summed E-state index contributed by atoms with van der Waals surface area (Å²) in [5.41, 5.74) is 1.54. The second-order valence-electron chi connectivity index (χ2n) is 5.58. The van der Waals surface area contributed by atoms with Crippen LogP contribution >= 0.6 is 11.8 Å². The Bertz CT molecular complexity index is 774. The number of nitrogens with zero attached hydrogens (tertiary/aromatic N) is 1. The molecule has 4 nitrogen and oxygen atoms in total. The molecule has 1 fully saturated rings. The van der Waals surface area contributed by atoms with Gasteiger partial charge < -0.3 is 4.74 Å². The number of fused-ring (bicyclic) bond motifs is 1. The molecular formula is C17H17ClNO3+. The number of aryl methyl sites for hydroxylation is 1. The van der Waals surface area contributed by atoms with E-state index in [-0.39, 0.29) is 5.91 Å². The first-order valence-corrected chi connectivity index (χ1v) is 7.55. The average Bonchev–Trinajstić information content (AvgIpc) is 2.93. The minimum Gasteiger partial charge on any atom is -0.461 e. The van der Waals surface area contributed by atoms with Crippen LogP contribution < -0.4 is 4.00 Å². The highest BCUT2D eigenvalue weighted by Gasteiger charge is 2.53. The molecule has 2 unspecified atom stereocenters. The molecule has 1 aliphatic heterocycles. The molecule has 3 rings (SSSR count). The highest BCUT2D eigenvalue weighted by atomic mass is 35.5. The molecule has 2 atom stereocenters. The molecule has 1 heterocycles. The highest BCUT2D eigenvalue weighted by molar-refractivity contribution is 6.34. The number of hydrogen-bond donors (Lipinski definition) is 0. The summed E-state index contributed by atoms with van der Waals surface area (Å²) in [7, 11) is 0. The van der Waals surface area contributed by atoms with Gasteiger partial charge in [0.15, 0.2) is 17.5 Å². The Labute approximate surface area is 133 Å². The van der Waals surface area contributed by atoms with Gasteiger partial charge in [0.1, 0.15) is 0 Å². The molecule has 0 radical (unpaired) electrons. The summed E-state index contributed by atoms with van der Waals surface area (Å²) in [5.74, 6) is -0.706. The van der Waals surface area contributed by atoms with Crippen LogP contribution in [0.5, 0.6) is 0 Å². The lowest BCUT2D eigenvalue weighted by Gasteiger charge is -2.30. The zero-order chi connectivity index (χ0) is 15.9. The van der Waals surface area contributed by atoms with Crippen LogP contribution in [-0.2, 0) is 14.3 Å². The lowest BCUT2D eigenvalue weighted by molar-refractivity contribution is -0.143. The van der Waals surface area contributed by atoms with Crippen molar-refractivity contribution in [1.82, 2.24) is 4.00 Å². The third-order valence-corrected chi connectivity index (χ3v) is 4.87. The SMILES string of the molecule is CC(=O)[N+](Cl)(c1c(C)ccc2ccccc12)C1CCOC1=O. The number of ether oxygens (including phenoxy) is 1. The number of hydrogen-bond acceptors (Lipinski definition) is 3. The number of quaternary nitrogens is 1. The van der Waals surface area contributed by atoms with Crippen LogP contribution in [0.25, 0.3) is 10.8 Å². The predicted octanol–water partition coefficient (Wildman–Crippen LogP) is 3.47. The molecule has 1 amide bonds. The largest absolute Gasteiger partial charge is 0.461 e. The van der Waals surface area contributed by atoms with Crippen molar-refractivity contribution in [3.8, 4) is 0 Å². The van der Waals surface area contributed by atoms with Crippen molar-refractivity contribution in [1.29, 1.82) is 0 Å². The number of carbonyl (C=O) groups excluding carboxylic acids is 2. The van der Waals surface area contributed by atoms with Crippen molar-refractivity contribution in [2.24, 2.45) is 0 Å². The van der Waals surface area contributed by atoms with E-state index in [4.69, 9.17) is 16.5 Å². The standard InChI is InChI=1S/C17H17ClNO3/c1-11-7-8-13-5-3-4-6-14(13)16(11)19(18,12(2)20)15-9-10-22-17(15)21/h3-8,15H,9-10H2,1-2H3/q+1. The molecule has 0 aliphatic carbocycles. The summed E-state index contributed by atoms with van der Waals surface area (Å²) in [5, 5.41) is 1.87. The van der Waals surface area contributed by atoms with E-state index in [9.17, 15) is 9.59 Å². The molecule has 0 N–H and O–H groups in total. The second kappa shape index (κ2) is 5.38. The zero-order valence-corrected chi connectivity index (χ0v) is 13.3. The van der Waals surface area contributed by atoms with E-state index < -0.39 is 16.0 Å². The normalized spacial score (nSPS) is 20.7. The van der Waals surface area contributed by atoms with Crippen molar-refractivity contribution in [2.75, 3.05) is 6.61 Å². The Kier molecular flexibility index (Phi) is 3.67. The number of halogens is 1. The monoisotopic (exact) mass is 318 g/mol. The van der Waals surface area contributed by atoms with Crippen molar-refractivity contribution in [2.45, 2.75) is 26.3 Å². The molecule has 1 aliphatic rings. The summed E-state index contributed by atoms with van der Waals surface area (Å²) < 4.78 is 4.48. The number of benzene rings is 2. The number of carbonyl (C=O) groups is 2. The molecule has 0 bridgehead atoms. The molecule has 1 saturated heterocycles. The summed E-state index contributed by atoms with van der Waals surface area (Å²) >= 11 is 6.77. The third-order valence-electron chi connectivity index (χ3n) is 4.22. The van der Waals surface area contributed by atoms with Crippen LogP contribution in [0.3, 0.4) is 0 Å². The number of rotatable bonds is 2. The summed E-state index contributed by atoms with van der Waals surface area (Å²) in [6.07, 6.45) is 0.435. The Morgan fingerprint density at radius 1 is 1.27 bits per heavy atom. The molecule has 2 aromatic carbocycles. The fourth-order valence-electron chi connectivity index (χ4n) is 3.14. The van der Waals surface area contributed by atoms with Crippen LogP contribution in [0.4, 0.5) is 5.69 Å². The van der Waals surface area contributed by atoms with E-state index in [0.717, 1.165) is 16.3 Å². The molecular weight excluding hydrogens is 302 g/mol. The number of esters is 1. The zero-order valence-electron chi connectivity index (χ0n) is 12.5. The van der Waals surface area contributed by atoms with Gasteiger partial charge in [-0.1, -0.05) is 30.3 Å². The van der Waals surface area contributed by atoms with Gasteiger partial charge in [-0.05, 0) is 18.4 Å². The van der Waals surface area contributed by atoms with Gasteiger partial charge in [0.25, 0.3) is 0 Å². The molecule has 5 heteroatoms. The number of cyclic esters (lactones) is 1. The minimum atomic E-state index is -0.705. The molecule has 0 saturated carbocycles. The Morgan fingerprint density at radius 2 is 2.00 bits per heavy atom. The lowest BCUT2D eigenvalue weighted by atomic mass is 10.0. The van der Waals surface area contributed by atoms with Crippen LogP contribution in [-0.4, -0.2) is 24.5 Å². The van der Waals surface area contributed by atoms with Crippen LogP contribution in [0, 0.1) is 6.92 Å². The first-order valence-electron chi connectivity index (χ1n) is 7.21. The van der Waals surface area contributed by atoms with E-state index in [1.54, 1.807) is 0 Å². The van der Waals surface area contributed by atoms with E-state index in [1.807, 2.05) is 43.3 Å².